The van der Waals surface area contributed by atoms with E-state index in [1.165, 1.54) is 0 Å². The Kier molecular flexibility index (Phi) is 4.64. The highest BCUT2D eigenvalue weighted by atomic mass is 32.2. The molecule has 5 heteroatoms. The van der Waals surface area contributed by atoms with Crippen molar-refractivity contribution in [2.45, 2.75) is 55.3 Å². The van der Waals surface area contributed by atoms with E-state index >= 15 is 0 Å². The number of nitrogens with one attached hydrogen (secondary N) is 1. The number of carbonyl (C=O) groups is 1. The van der Waals surface area contributed by atoms with E-state index in [0.29, 0.717) is 18.1 Å². The minimum Gasteiger partial charge on any atom is -0.480 e. The molecule has 0 bridgehead atoms. The van der Waals surface area contributed by atoms with Crippen LogP contribution in [0.15, 0.2) is 0 Å². The molecule has 0 aromatic heterocycles. The fourth-order valence-corrected chi connectivity index (χ4v) is 3.53. The van der Waals surface area contributed by atoms with Gasteiger partial charge in [-0.3, -0.25) is 4.79 Å². The number of carboxylic acids is 1. The third-order valence-electron chi connectivity index (χ3n) is 3.44. The number of aliphatic hydroxyl groups excluding tert-OH is 1. The number of aliphatic hydroxyl groups is 1. The Labute approximate surface area is 101 Å². The summed E-state index contributed by atoms with van der Waals surface area (Å²) in [5.41, 5.74) is -0.754. The van der Waals surface area contributed by atoms with Crippen LogP contribution in [0.25, 0.3) is 0 Å². The maximum atomic E-state index is 11.2. The highest BCUT2D eigenvalue weighted by Crippen LogP contribution is 2.39. The maximum Gasteiger partial charge on any atom is 0.323 e. The Balaban J connectivity index is 2.54. The van der Waals surface area contributed by atoms with Crippen LogP contribution in [0.5, 0.6) is 0 Å². The van der Waals surface area contributed by atoms with E-state index in [-0.39, 0.29) is 11.4 Å². The van der Waals surface area contributed by atoms with Gasteiger partial charge in [0, 0.05) is 10.5 Å². The van der Waals surface area contributed by atoms with E-state index in [9.17, 15) is 15.0 Å². The zero-order valence-corrected chi connectivity index (χ0v) is 10.9. The standard InChI is InChI=1S/C11H21NO3S/c1-7(13)8(2)16-9-4-5-11(6-9,12-3)10(14)15/h7-9,12-13H,4-6H2,1-3H3,(H,14,15). The number of rotatable bonds is 5. The van der Waals surface area contributed by atoms with Gasteiger partial charge in [0.05, 0.1) is 6.10 Å². The maximum absolute atomic E-state index is 11.2. The van der Waals surface area contributed by atoms with Gasteiger partial charge in [-0.05, 0) is 33.2 Å². The molecule has 1 fully saturated rings. The molecule has 4 unspecified atom stereocenters. The summed E-state index contributed by atoms with van der Waals surface area (Å²) in [4.78, 5) is 11.2. The van der Waals surface area contributed by atoms with Gasteiger partial charge in [-0.2, -0.15) is 11.8 Å². The fraction of sp³-hybridized carbons (Fsp3) is 0.909. The summed E-state index contributed by atoms with van der Waals surface area (Å²) < 4.78 is 0. The summed E-state index contributed by atoms with van der Waals surface area (Å²) in [6.45, 7) is 3.75. The zero-order valence-electron chi connectivity index (χ0n) is 10.1. The molecule has 0 aliphatic heterocycles. The van der Waals surface area contributed by atoms with Gasteiger partial charge in [-0.25, -0.2) is 0 Å². The third kappa shape index (κ3) is 2.90. The lowest BCUT2D eigenvalue weighted by Crippen LogP contribution is -2.48. The highest BCUT2D eigenvalue weighted by Gasteiger charge is 2.44. The number of hydrogen-bond acceptors (Lipinski definition) is 4. The Morgan fingerprint density at radius 3 is 2.56 bits per heavy atom. The molecule has 1 aliphatic carbocycles. The Morgan fingerprint density at radius 1 is 1.56 bits per heavy atom. The normalized spacial score (nSPS) is 33.6. The van der Waals surface area contributed by atoms with E-state index in [1.807, 2.05) is 6.92 Å². The minimum atomic E-state index is -0.761. The van der Waals surface area contributed by atoms with Crippen LogP contribution in [-0.4, -0.2) is 45.4 Å². The summed E-state index contributed by atoms with van der Waals surface area (Å²) >= 11 is 1.70. The van der Waals surface area contributed by atoms with Crippen molar-refractivity contribution < 1.29 is 15.0 Å². The van der Waals surface area contributed by atoms with Crippen molar-refractivity contribution in [3.05, 3.63) is 0 Å². The summed E-state index contributed by atoms with van der Waals surface area (Å²) in [7, 11) is 1.71. The second-order valence-electron chi connectivity index (χ2n) is 4.58. The summed E-state index contributed by atoms with van der Waals surface area (Å²) in [5, 5.41) is 22.0. The van der Waals surface area contributed by atoms with Crippen molar-refractivity contribution in [2.75, 3.05) is 7.05 Å². The predicted octanol–water partition coefficient (Wildman–Crippen LogP) is 1.08. The molecule has 94 valence electrons. The van der Waals surface area contributed by atoms with E-state index in [0.717, 1.165) is 6.42 Å². The van der Waals surface area contributed by atoms with Gasteiger partial charge >= 0.3 is 5.97 Å². The van der Waals surface area contributed by atoms with Gasteiger partial charge in [0.1, 0.15) is 5.54 Å². The molecule has 4 nitrogen and oxygen atoms in total. The van der Waals surface area contributed by atoms with Crippen molar-refractivity contribution in [1.29, 1.82) is 0 Å². The van der Waals surface area contributed by atoms with Gasteiger partial charge in [-0.15, -0.1) is 0 Å². The SMILES string of the molecule is CNC1(C(=O)O)CCC(SC(C)C(C)O)C1. The number of thioether (sulfide) groups is 1. The molecule has 4 atom stereocenters. The first-order chi connectivity index (χ1) is 7.41. The largest absolute Gasteiger partial charge is 0.480 e. The molecular formula is C11H21NO3S. The summed E-state index contributed by atoms with van der Waals surface area (Å²) in [6.07, 6.45) is 1.86. The molecule has 1 rings (SSSR count). The van der Waals surface area contributed by atoms with Crippen LogP contribution in [0.3, 0.4) is 0 Å². The van der Waals surface area contributed by atoms with Gasteiger partial charge in [0.15, 0.2) is 0 Å². The summed E-state index contributed by atoms with van der Waals surface area (Å²) in [5.74, 6) is -0.761. The van der Waals surface area contributed by atoms with E-state index in [2.05, 4.69) is 5.32 Å². The van der Waals surface area contributed by atoms with Crippen molar-refractivity contribution in [2.24, 2.45) is 0 Å². The van der Waals surface area contributed by atoms with E-state index < -0.39 is 11.5 Å². The summed E-state index contributed by atoms with van der Waals surface area (Å²) in [6, 6.07) is 0. The lowest BCUT2D eigenvalue weighted by Gasteiger charge is -2.24. The minimum absolute atomic E-state index is 0.159. The third-order valence-corrected chi connectivity index (χ3v) is 5.05. The molecule has 0 heterocycles. The number of hydrogen-bond donors (Lipinski definition) is 3. The Morgan fingerprint density at radius 2 is 2.19 bits per heavy atom. The second kappa shape index (κ2) is 5.38. The fourth-order valence-electron chi connectivity index (χ4n) is 2.06. The van der Waals surface area contributed by atoms with Gasteiger partial charge in [-0.1, -0.05) is 6.92 Å². The monoisotopic (exact) mass is 247 g/mol. The second-order valence-corrected chi connectivity index (χ2v) is 6.27. The molecule has 0 aromatic carbocycles. The molecule has 16 heavy (non-hydrogen) atoms. The van der Waals surface area contributed by atoms with Crippen molar-refractivity contribution in [3.8, 4) is 0 Å². The average molecular weight is 247 g/mol. The van der Waals surface area contributed by atoms with Crippen molar-refractivity contribution >= 4 is 17.7 Å². The average Bonchev–Trinajstić information content (AvgIpc) is 2.62. The van der Waals surface area contributed by atoms with Gasteiger partial charge in [0.2, 0.25) is 0 Å². The van der Waals surface area contributed by atoms with E-state index in [4.69, 9.17) is 0 Å². The Hall–Kier alpha value is -0.260. The molecule has 3 N–H and O–H groups in total. The predicted molar refractivity (Wildman–Crippen MR) is 65.8 cm³/mol. The quantitative estimate of drug-likeness (QED) is 0.678. The smallest absolute Gasteiger partial charge is 0.323 e. The van der Waals surface area contributed by atoms with Crippen LogP contribution in [0.4, 0.5) is 0 Å². The first kappa shape index (κ1) is 13.8. The van der Waals surface area contributed by atoms with Crippen LogP contribution >= 0.6 is 11.8 Å². The van der Waals surface area contributed by atoms with Crippen LogP contribution in [0.1, 0.15) is 33.1 Å². The van der Waals surface area contributed by atoms with Crippen LogP contribution < -0.4 is 5.32 Å². The molecule has 0 aromatic rings. The molecule has 0 radical (unpaired) electrons. The van der Waals surface area contributed by atoms with Gasteiger partial charge in [0.25, 0.3) is 0 Å². The molecule has 1 aliphatic rings. The van der Waals surface area contributed by atoms with Crippen LogP contribution in [0, 0.1) is 0 Å². The number of carboxylic acid groups (broad SMARTS) is 1. The van der Waals surface area contributed by atoms with E-state index in [1.54, 1.807) is 25.7 Å². The number of likely N-dealkylation sites (N-methyl/N-ethyl adjacent to an activating group) is 1. The van der Waals surface area contributed by atoms with Crippen LogP contribution in [-0.2, 0) is 4.79 Å². The Bertz CT molecular complexity index is 260. The van der Waals surface area contributed by atoms with Gasteiger partial charge < -0.3 is 15.5 Å². The lowest BCUT2D eigenvalue weighted by molar-refractivity contribution is -0.144. The highest BCUT2D eigenvalue weighted by molar-refractivity contribution is 8.00. The first-order valence-electron chi connectivity index (χ1n) is 5.67. The molecular weight excluding hydrogens is 226 g/mol. The van der Waals surface area contributed by atoms with Crippen molar-refractivity contribution in [3.63, 3.8) is 0 Å². The molecule has 0 amide bonds. The topological polar surface area (TPSA) is 69.6 Å². The number of aliphatic carboxylic acids is 1. The lowest BCUT2D eigenvalue weighted by atomic mass is 9.99. The van der Waals surface area contributed by atoms with Crippen LogP contribution in [0.2, 0.25) is 0 Å². The molecule has 1 saturated carbocycles. The first-order valence-corrected chi connectivity index (χ1v) is 6.61. The zero-order chi connectivity index (χ0) is 12.3. The molecule has 0 saturated heterocycles. The molecule has 0 spiro atoms. The van der Waals surface area contributed by atoms with Crippen molar-refractivity contribution in [1.82, 2.24) is 5.32 Å².